The number of likely N-dealkylation sites (N-methyl/N-ethyl adjacent to an activating group) is 1. The lowest BCUT2D eigenvalue weighted by Gasteiger charge is -2.32. The van der Waals surface area contributed by atoms with Crippen molar-refractivity contribution < 1.29 is 9.90 Å². The van der Waals surface area contributed by atoms with Crippen molar-refractivity contribution >= 4 is 5.91 Å². The number of rotatable bonds is 6. The van der Waals surface area contributed by atoms with Gasteiger partial charge in [-0.05, 0) is 59.7 Å². The molecular formula is C16H33N3O2. The summed E-state index contributed by atoms with van der Waals surface area (Å²) >= 11 is 0. The van der Waals surface area contributed by atoms with Gasteiger partial charge in [0.15, 0.2) is 0 Å². The number of piperidine rings is 1. The lowest BCUT2D eigenvalue weighted by Crippen LogP contribution is -2.47. The maximum atomic E-state index is 11.8. The minimum atomic E-state index is -0.397. The first-order chi connectivity index (χ1) is 9.65. The van der Waals surface area contributed by atoms with Gasteiger partial charge in [0, 0.05) is 18.6 Å². The molecule has 0 bridgehead atoms. The number of aliphatic hydroxyl groups is 1. The van der Waals surface area contributed by atoms with Crippen molar-refractivity contribution in [3.05, 3.63) is 0 Å². The van der Waals surface area contributed by atoms with Gasteiger partial charge in [0.25, 0.3) is 0 Å². The molecule has 21 heavy (non-hydrogen) atoms. The zero-order valence-electron chi connectivity index (χ0n) is 14.4. The largest absolute Gasteiger partial charge is 0.390 e. The van der Waals surface area contributed by atoms with Crippen LogP contribution in [0.2, 0.25) is 0 Å². The van der Waals surface area contributed by atoms with E-state index >= 15 is 0 Å². The van der Waals surface area contributed by atoms with Crippen molar-refractivity contribution in [2.75, 3.05) is 39.8 Å². The molecule has 2 N–H and O–H groups in total. The molecule has 1 amide bonds. The van der Waals surface area contributed by atoms with Gasteiger partial charge in [-0.15, -0.1) is 0 Å². The van der Waals surface area contributed by atoms with Gasteiger partial charge in [0.1, 0.15) is 0 Å². The summed E-state index contributed by atoms with van der Waals surface area (Å²) in [6.07, 6.45) is 2.04. The molecule has 1 aliphatic heterocycles. The van der Waals surface area contributed by atoms with Crippen LogP contribution in [0.4, 0.5) is 0 Å². The molecule has 0 aliphatic carbocycles. The van der Waals surface area contributed by atoms with Gasteiger partial charge in [-0.25, -0.2) is 0 Å². The van der Waals surface area contributed by atoms with E-state index in [4.69, 9.17) is 0 Å². The molecule has 0 saturated carbocycles. The predicted molar refractivity (Wildman–Crippen MR) is 86.2 cm³/mol. The van der Waals surface area contributed by atoms with E-state index in [1.165, 1.54) is 12.8 Å². The number of carbonyl (C=O) groups is 1. The third-order valence-electron chi connectivity index (χ3n) is 3.80. The first-order valence-electron chi connectivity index (χ1n) is 8.05. The minimum Gasteiger partial charge on any atom is -0.390 e. The van der Waals surface area contributed by atoms with Crippen molar-refractivity contribution in [2.24, 2.45) is 5.92 Å². The van der Waals surface area contributed by atoms with E-state index in [2.05, 4.69) is 17.1 Å². The van der Waals surface area contributed by atoms with Gasteiger partial charge in [-0.1, -0.05) is 6.92 Å². The molecule has 0 aromatic rings. The number of hydrogen-bond donors (Lipinski definition) is 2. The van der Waals surface area contributed by atoms with Crippen molar-refractivity contribution in [2.45, 2.75) is 52.2 Å². The molecule has 1 heterocycles. The van der Waals surface area contributed by atoms with E-state index in [0.717, 1.165) is 19.0 Å². The molecule has 1 unspecified atom stereocenters. The van der Waals surface area contributed by atoms with Gasteiger partial charge in [-0.2, -0.15) is 0 Å². The molecule has 1 saturated heterocycles. The molecule has 1 aliphatic rings. The smallest absolute Gasteiger partial charge is 0.234 e. The highest BCUT2D eigenvalue weighted by Gasteiger charge is 2.20. The van der Waals surface area contributed by atoms with Crippen LogP contribution in [0.5, 0.6) is 0 Å². The van der Waals surface area contributed by atoms with Gasteiger partial charge in [-0.3, -0.25) is 9.69 Å². The highest BCUT2D eigenvalue weighted by atomic mass is 16.3. The summed E-state index contributed by atoms with van der Waals surface area (Å²) in [6, 6.07) is 0. The zero-order valence-corrected chi connectivity index (χ0v) is 14.4. The SMILES string of the molecule is CC1CCN(CC(O)CN(C)CC(=O)NC(C)(C)C)CC1. The Labute approximate surface area is 129 Å². The summed E-state index contributed by atoms with van der Waals surface area (Å²) in [5.41, 5.74) is -0.207. The van der Waals surface area contributed by atoms with E-state index in [1.807, 2.05) is 32.7 Å². The third kappa shape index (κ3) is 8.39. The second kappa shape index (κ2) is 8.11. The molecule has 0 aromatic carbocycles. The molecule has 1 atom stereocenters. The summed E-state index contributed by atoms with van der Waals surface area (Å²) < 4.78 is 0. The number of hydrogen-bond acceptors (Lipinski definition) is 4. The highest BCUT2D eigenvalue weighted by Crippen LogP contribution is 2.16. The molecule has 1 rings (SSSR count). The Bertz CT molecular complexity index is 320. The summed E-state index contributed by atoms with van der Waals surface area (Å²) in [5, 5.41) is 13.1. The molecule has 0 aromatic heterocycles. The molecule has 124 valence electrons. The van der Waals surface area contributed by atoms with Crippen molar-refractivity contribution in [1.82, 2.24) is 15.1 Å². The predicted octanol–water partition coefficient (Wildman–Crippen LogP) is 0.926. The van der Waals surface area contributed by atoms with Crippen LogP contribution in [0.25, 0.3) is 0 Å². The third-order valence-corrected chi connectivity index (χ3v) is 3.80. The maximum absolute atomic E-state index is 11.8. The first kappa shape index (κ1) is 18.4. The van der Waals surface area contributed by atoms with Crippen molar-refractivity contribution in [1.29, 1.82) is 0 Å². The van der Waals surface area contributed by atoms with Crippen LogP contribution in [-0.4, -0.2) is 72.2 Å². The van der Waals surface area contributed by atoms with E-state index in [1.54, 1.807) is 0 Å². The number of amides is 1. The Morgan fingerprint density at radius 2 is 1.95 bits per heavy atom. The van der Waals surface area contributed by atoms with Crippen LogP contribution in [-0.2, 0) is 4.79 Å². The van der Waals surface area contributed by atoms with Crippen LogP contribution in [0, 0.1) is 5.92 Å². The number of likely N-dealkylation sites (tertiary alicyclic amines) is 1. The van der Waals surface area contributed by atoms with E-state index in [9.17, 15) is 9.90 Å². The standard InChI is InChI=1S/C16H33N3O2/c1-13-6-8-19(9-7-13)11-14(20)10-18(5)12-15(21)17-16(2,3)4/h13-14,20H,6-12H2,1-5H3,(H,17,21). The van der Waals surface area contributed by atoms with E-state index in [-0.39, 0.29) is 11.4 Å². The highest BCUT2D eigenvalue weighted by molar-refractivity contribution is 5.78. The zero-order chi connectivity index (χ0) is 16.0. The van der Waals surface area contributed by atoms with Gasteiger partial charge in [0.2, 0.25) is 5.91 Å². The van der Waals surface area contributed by atoms with Crippen LogP contribution in [0.15, 0.2) is 0 Å². The lowest BCUT2D eigenvalue weighted by atomic mass is 9.99. The second-order valence-electron chi connectivity index (χ2n) is 7.63. The monoisotopic (exact) mass is 299 g/mol. The molecule has 0 spiro atoms. The van der Waals surface area contributed by atoms with Crippen molar-refractivity contribution in [3.8, 4) is 0 Å². The maximum Gasteiger partial charge on any atom is 0.234 e. The summed E-state index contributed by atoms with van der Waals surface area (Å²) in [6.45, 7) is 11.9. The normalized spacial score (nSPS) is 19.8. The summed E-state index contributed by atoms with van der Waals surface area (Å²) in [4.78, 5) is 16.0. The summed E-state index contributed by atoms with van der Waals surface area (Å²) in [7, 11) is 1.88. The fourth-order valence-corrected chi connectivity index (χ4v) is 2.73. The number of β-amino-alcohol motifs (C(OH)–C–C–N with tert-alkyl or cyclic N) is 1. The molecular weight excluding hydrogens is 266 g/mol. The Morgan fingerprint density at radius 3 is 2.48 bits per heavy atom. The topological polar surface area (TPSA) is 55.8 Å². The average Bonchev–Trinajstić information content (AvgIpc) is 2.28. The molecule has 5 heteroatoms. The van der Waals surface area contributed by atoms with Crippen LogP contribution < -0.4 is 5.32 Å². The van der Waals surface area contributed by atoms with E-state index < -0.39 is 6.10 Å². The Morgan fingerprint density at radius 1 is 1.38 bits per heavy atom. The molecule has 0 radical (unpaired) electrons. The molecule has 5 nitrogen and oxygen atoms in total. The lowest BCUT2D eigenvalue weighted by molar-refractivity contribution is -0.123. The first-order valence-corrected chi connectivity index (χ1v) is 8.05. The Balaban J connectivity index is 2.24. The van der Waals surface area contributed by atoms with Crippen LogP contribution in [0.3, 0.4) is 0 Å². The minimum absolute atomic E-state index is 0.00370. The van der Waals surface area contributed by atoms with Crippen LogP contribution in [0.1, 0.15) is 40.5 Å². The number of nitrogens with zero attached hydrogens (tertiary/aromatic N) is 2. The summed E-state index contributed by atoms with van der Waals surface area (Å²) in [5.74, 6) is 0.811. The Hall–Kier alpha value is -0.650. The van der Waals surface area contributed by atoms with E-state index in [0.29, 0.717) is 19.6 Å². The van der Waals surface area contributed by atoms with Gasteiger partial charge < -0.3 is 15.3 Å². The fraction of sp³-hybridized carbons (Fsp3) is 0.938. The molecule has 1 fully saturated rings. The van der Waals surface area contributed by atoms with Gasteiger partial charge in [0.05, 0.1) is 12.6 Å². The average molecular weight is 299 g/mol. The number of aliphatic hydroxyl groups excluding tert-OH is 1. The van der Waals surface area contributed by atoms with Crippen LogP contribution >= 0.6 is 0 Å². The number of nitrogens with one attached hydrogen (secondary N) is 1. The quantitative estimate of drug-likeness (QED) is 0.766. The fourth-order valence-electron chi connectivity index (χ4n) is 2.73. The Kier molecular flexibility index (Phi) is 7.10. The second-order valence-corrected chi connectivity index (χ2v) is 7.63. The number of carbonyl (C=O) groups excluding carboxylic acids is 1. The van der Waals surface area contributed by atoms with Crippen molar-refractivity contribution in [3.63, 3.8) is 0 Å². The van der Waals surface area contributed by atoms with Gasteiger partial charge >= 0.3 is 0 Å².